The molecule has 0 bridgehead atoms. The fourth-order valence-electron chi connectivity index (χ4n) is 2.38. The number of hydrogen-bond donors (Lipinski definition) is 1. The molecule has 0 aromatic carbocycles. The highest BCUT2D eigenvalue weighted by atomic mass is 16.5. The van der Waals surface area contributed by atoms with Crippen molar-refractivity contribution in [2.75, 3.05) is 46.9 Å². The van der Waals surface area contributed by atoms with Crippen molar-refractivity contribution in [1.82, 2.24) is 20.3 Å². The summed E-state index contributed by atoms with van der Waals surface area (Å²) in [6, 6.07) is 1.89. The van der Waals surface area contributed by atoms with E-state index in [4.69, 9.17) is 4.52 Å². The second kappa shape index (κ2) is 8.38. The lowest BCUT2D eigenvalue weighted by atomic mass is 10.3. The van der Waals surface area contributed by atoms with Gasteiger partial charge in [0.05, 0.1) is 19.2 Å². The summed E-state index contributed by atoms with van der Waals surface area (Å²) in [5, 5.41) is 7.13. The first kappa shape index (κ1) is 16.3. The molecule has 0 saturated carbocycles. The van der Waals surface area contributed by atoms with Crippen LogP contribution >= 0.6 is 0 Å². The third-order valence-electron chi connectivity index (χ3n) is 3.60. The highest BCUT2D eigenvalue weighted by Gasteiger charge is 2.20. The molecule has 1 fully saturated rings. The molecule has 0 radical (unpaired) electrons. The Labute approximate surface area is 130 Å². The summed E-state index contributed by atoms with van der Waals surface area (Å²) >= 11 is 0. The molecule has 0 unspecified atom stereocenters. The number of guanidine groups is 1. The van der Waals surface area contributed by atoms with Crippen LogP contribution in [0.4, 0.5) is 0 Å². The normalized spacial score (nSPS) is 16.6. The van der Waals surface area contributed by atoms with Gasteiger partial charge in [0.2, 0.25) is 0 Å². The molecule has 0 atom stereocenters. The van der Waals surface area contributed by atoms with Gasteiger partial charge in [0.15, 0.2) is 5.96 Å². The molecule has 1 aliphatic rings. The predicted molar refractivity (Wildman–Crippen MR) is 81.3 cm³/mol. The molecule has 1 aliphatic heterocycles. The quantitative estimate of drug-likeness (QED) is 0.463. The van der Waals surface area contributed by atoms with E-state index in [-0.39, 0.29) is 5.97 Å². The van der Waals surface area contributed by atoms with E-state index in [0.29, 0.717) is 13.0 Å². The molecular weight excluding hydrogens is 286 g/mol. The van der Waals surface area contributed by atoms with Crippen LogP contribution in [0.1, 0.15) is 12.1 Å². The van der Waals surface area contributed by atoms with Crippen LogP contribution in [0.2, 0.25) is 0 Å². The number of esters is 1. The van der Waals surface area contributed by atoms with E-state index < -0.39 is 0 Å². The van der Waals surface area contributed by atoms with Crippen LogP contribution in [0, 0.1) is 0 Å². The minimum atomic E-state index is -0.222. The number of hydrogen-bond acceptors (Lipinski definition) is 6. The number of aromatic nitrogens is 1. The second-order valence-electron chi connectivity index (χ2n) is 5.05. The molecule has 8 heteroatoms. The van der Waals surface area contributed by atoms with Crippen molar-refractivity contribution in [2.24, 2.45) is 4.99 Å². The van der Waals surface area contributed by atoms with E-state index in [1.165, 1.54) is 7.11 Å². The highest BCUT2D eigenvalue weighted by Crippen LogP contribution is 2.07. The minimum Gasteiger partial charge on any atom is -0.469 e. The van der Waals surface area contributed by atoms with Gasteiger partial charge in [-0.15, -0.1) is 0 Å². The zero-order chi connectivity index (χ0) is 15.8. The fraction of sp³-hybridized carbons (Fsp3) is 0.643. The van der Waals surface area contributed by atoms with Crippen LogP contribution in [0.15, 0.2) is 21.8 Å². The topological polar surface area (TPSA) is 83.2 Å². The number of ether oxygens (including phenoxy) is 1. The first-order chi connectivity index (χ1) is 10.7. The molecule has 1 aromatic rings. The van der Waals surface area contributed by atoms with Gasteiger partial charge in [-0.2, -0.15) is 0 Å². The third kappa shape index (κ3) is 4.73. The number of nitrogens with zero attached hydrogens (tertiary/aromatic N) is 4. The maximum atomic E-state index is 11.1. The lowest BCUT2D eigenvalue weighted by Gasteiger charge is -2.36. The molecule has 1 N–H and O–H groups in total. The molecule has 1 aromatic heterocycles. The molecule has 2 rings (SSSR count). The number of rotatable bonds is 5. The average Bonchev–Trinajstić information content (AvgIpc) is 3.05. The van der Waals surface area contributed by atoms with Crippen LogP contribution in [-0.2, 0) is 16.1 Å². The van der Waals surface area contributed by atoms with Gasteiger partial charge in [-0.05, 0) is 0 Å². The highest BCUT2D eigenvalue weighted by molar-refractivity contribution is 5.80. The van der Waals surface area contributed by atoms with Crippen LogP contribution < -0.4 is 5.32 Å². The van der Waals surface area contributed by atoms with Crippen molar-refractivity contribution in [3.05, 3.63) is 18.0 Å². The second-order valence-corrected chi connectivity index (χ2v) is 5.05. The Bertz CT molecular complexity index is 481. The summed E-state index contributed by atoms with van der Waals surface area (Å²) in [4.78, 5) is 19.9. The number of carbonyl (C=O) groups excluding carboxylic acids is 1. The predicted octanol–water partition coefficient (Wildman–Crippen LogP) is -0.0693. The van der Waals surface area contributed by atoms with Crippen molar-refractivity contribution >= 4 is 11.9 Å². The van der Waals surface area contributed by atoms with Gasteiger partial charge in [-0.25, -0.2) is 0 Å². The molecular formula is C14H23N5O3. The van der Waals surface area contributed by atoms with E-state index in [9.17, 15) is 4.79 Å². The van der Waals surface area contributed by atoms with Gasteiger partial charge in [0.25, 0.3) is 0 Å². The lowest BCUT2D eigenvalue weighted by molar-refractivity contribution is -0.140. The number of carbonyl (C=O) groups is 1. The van der Waals surface area contributed by atoms with Gasteiger partial charge >= 0.3 is 5.97 Å². The maximum Gasteiger partial charge on any atom is 0.307 e. The smallest absolute Gasteiger partial charge is 0.307 e. The summed E-state index contributed by atoms with van der Waals surface area (Å²) in [7, 11) is 3.15. The molecule has 0 spiro atoms. The summed E-state index contributed by atoms with van der Waals surface area (Å²) in [6.07, 6.45) is 1.93. The SMILES string of the molecule is CN=C(NCCC(=O)OC)N1CCN(Cc2ccon2)CC1. The zero-order valence-corrected chi connectivity index (χ0v) is 13.1. The fourth-order valence-corrected chi connectivity index (χ4v) is 2.38. The van der Waals surface area contributed by atoms with Crippen LogP contribution in [-0.4, -0.2) is 73.8 Å². The number of piperazine rings is 1. The lowest BCUT2D eigenvalue weighted by Crippen LogP contribution is -2.52. The van der Waals surface area contributed by atoms with Crippen molar-refractivity contribution in [1.29, 1.82) is 0 Å². The monoisotopic (exact) mass is 309 g/mol. The third-order valence-corrected chi connectivity index (χ3v) is 3.60. The van der Waals surface area contributed by atoms with Crippen molar-refractivity contribution < 1.29 is 14.1 Å². The number of methoxy groups -OCH3 is 1. The first-order valence-corrected chi connectivity index (χ1v) is 7.37. The Morgan fingerprint density at radius 3 is 2.82 bits per heavy atom. The average molecular weight is 309 g/mol. The molecule has 0 aliphatic carbocycles. The molecule has 8 nitrogen and oxygen atoms in total. The van der Waals surface area contributed by atoms with Gasteiger partial charge in [0, 0.05) is 52.4 Å². The Kier molecular flexibility index (Phi) is 6.20. The Hall–Kier alpha value is -2.09. The van der Waals surface area contributed by atoms with E-state index in [1.54, 1.807) is 13.3 Å². The maximum absolute atomic E-state index is 11.1. The molecule has 1 saturated heterocycles. The summed E-state index contributed by atoms with van der Waals surface area (Å²) in [6.45, 7) is 4.97. The van der Waals surface area contributed by atoms with Gasteiger partial charge in [-0.3, -0.25) is 14.7 Å². The first-order valence-electron chi connectivity index (χ1n) is 7.37. The van der Waals surface area contributed by atoms with E-state index in [0.717, 1.165) is 44.4 Å². The Morgan fingerprint density at radius 2 is 2.23 bits per heavy atom. The van der Waals surface area contributed by atoms with Crippen molar-refractivity contribution in [3.63, 3.8) is 0 Å². The largest absolute Gasteiger partial charge is 0.469 e. The van der Waals surface area contributed by atoms with E-state index in [1.807, 2.05) is 6.07 Å². The van der Waals surface area contributed by atoms with Crippen molar-refractivity contribution in [2.45, 2.75) is 13.0 Å². The zero-order valence-electron chi connectivity index (χ0n) is 13.1. The minimum absolute atomic E-state index is 0.222. The summed E-state index contributed by atoms with van der Waals surface area (Å²) in [5.74, 6) is 0.602. The molecule has 2 heterocycles. The van der Waals surface area contributed by atoms with Crippen LogP contribution in [0.3, 0.4) is 0 Å². The van der Waals surface area contributed by atoms with Gasteiger partial charge in [0.1, 0.15) is 6.26 Å². The Balaban J connectivity index is 1.73. The summed E-state index contributed by atoms with van der Waals surface area (Å²) in [5.41, 5.74) is 0.953. The number of aliphatic imine (C=N–C) groups is 1. The van der Waals surface area contributed by atoms with Gasteiger partial charge < -0.3 is 19.5 Å². The van der Waals surface area contributed by atoms with Gasteiger partial charge in [-0.1, -0.05) is 5.16 Å². The van der Waals surface area contributed by atoms with E-state index >= 15 is 0 Å². The number of nitrogens with one attached hydrogen (secondary N) is 1. The van der Waals surface area contributed by atoms with Crippen molar-refractivity contribution in [3.8, 4) is 0 Å². The summed E-state index contributed by atoms with van der Waals surface area (Å²) < 4.78 is 9.47. The van der Waals surface area contributed by atoms with Crippen LogP contribution in [0.25, 0.3) is 0 Å². The standard InChI is InChI=1S/C14H23N5O3/c1-15-14(16-5-3-13(20)21-2)19-8-6-18(7-9-19)11-12-4-10-22-17-12/h4,10H,3,5-9,11H2,1-2H3,(H,15,16). The van der Waals surface area contributed by atoms with E-state index in [2.05, 4.69) is 30.0 Å². The molecule has 22 heavy (non-hydrogen) atoms. The molecule has 0 amide bonds. The van der Waals surface area contributed by atoms with Crippen LogP contribution in [0.5, 0.6) is 0 Å². The molecule has 122 valence electrons. The Morgan fingerprint density at radius 1 is 1.45 bits per heavy atom.